The van der Waals surface area contributed by atoms with E-state index in [1.807, 2.05) is 48.7 Å². The van der Waals surface area contributed by atoms with Gasteiger partial charge in [0.05, 0.1) is 11.4 Å². The number of halogens is 1. The van der Waals surface area contributed by atoms with E-state index in [9.17, 15) is 9.59 Å². The predicted molar refractivity (Wildman–Crippen MR) is 113 cm³/mol. The molecule has 0 N–H and O–H groups in total. The fourth-order valence-corrected chi connectivity index (χ4v) is 5.09. The van der Waals surface area contributed by atoms with Crippen molar-refractivity contribution in [2.75, 3.05) is 9.96 Å². The number of imide groups is 1. The molecule has 0 saturated carbocycles. The zero-order valence-corrected chi connectivity index (χ0v) is 17.1. The lowest BCUT2D eigenvalue weighted by Crippen LogP contribution is -2.37. The van der Waals surface area contributed by atoms with E-state index in [0.29, 0.717) is 10.7 Å². The standard InChI is InChI=1S/C22H17ClN2O3S/c1-13-6-2-3-9-16(13)25-19(17-10-5-11-29-17)18-20(28-25)22(27)24(21(18)26)15-8-4-7-14(23)12-15/h2-12,18-20H,1H3/t18-,19-,20-/m1/s1. The Kier molecular flexibility index (Phi) is 4.42. The minimum absolute atomic E-state index is 0.267. The molecule has 2 aliphatic rings. The third-order valence-electron chi connectivity index (χ3n) is 5.37. The third-order valence-corrected chi connectivity index (χ3v) is 6.55. The fraction of sp³-hybridized carbons (Fsp3) is 0.182. The van der Waals surface area contributed by atoms with Gasteiger partial charge in [-0.3, -0.25) is 14.4 Å². The number of anilines is 2. The Bertz CT molecular complexity index is 1100. The molecule has 5 rings (SSSR count). The highest BCUT2D eigenvalue weighted by molar-refractivity contribution is 7.10. The lowest BCUT2D eigenvalue weighted by molar-refractivity contribution is -0.126. The van der Waals surface area contributed by atoms with Crippen LogP contribution in [0.15, 0.2) is 66.0 Å². The van der Waals surface area contributed by atoms with Gasteiger partial charge in [0.15, 0.2) is 6.10 Å². The van der Waals surface area contributed by atoms with Crippen molar-refractivity contribution in [2.24, 2.45) is 5.92 Å². The first-order valence-electron chi connectivity index (χ1n) is 9.24. The summed E-state index contributed by atoms with van der Waals surface area (Å²) in [6.07, 6.45) is -0.867. The normalized spacial score (nSPS) is 23.7. The number of hydrogen-bond donors (Lipinski definition) is 0. The molecule has 0 spiro atoms. The molecule has 3 atom stereocenters. The number of hydroxylamine groups is 1. The van der Waals surface area contributed by atoms with E-state index in [4.69, 9.17) is 16.4 Å². The van der Waals surface area contributed by atoms with Crippen molar-refractivity contribution < 1.29 is 14.4 Å². The summed E-state index contributed by atoms with van der Waals surface area (Å²) in [6, 6.07) is 18.1. The second kappa shape index (κ2) is 6.99. The van der Waals surface area contributed by atoms with Crippen LogP contribution in [0.4, 0.5) is 11.4 Å². The molecule has 3 heterocycles. The highest BCUT2D eigenvalue weighted by Gasteiger charge is 2.60. The maximum absolute atomic E-state index is 13.4. The molecule has 146 valence electrons. The van der Waals surface area contributed by atoms with Gasteiger partial charge in [-0.1, -0.05) is 41.9 Å². The zero-order valence-electron chi connectivity index (χ0n) is 15.5. The molecule has 0 unspecified atom stereocenters. The fourth-order valence-electron chi connectivity index (χ4n) is 4.05. The second-order valence-corrected chi connectivity index (χ2v) is 8.53. The van der Waals surface area contributed by atoms with Gasteiger partial charge < -0.3 is 0 Å². The van der Waals surface area contributed by atoms with Crippen LogP contribution in [-0.4, -0.2) is 17.9 Å². The molecule has 2 aromatic carbocycles. The van der Waals surface area contributed by atoms with E-state index in [2.05, 4.69) is 0 Å². The summed E-state index contributed by atoms with van der Waals surface area (Å²) < 4.78 is 0. The van der Waals surface area contributed by atoms with Crippen molar-refractivity contribution in [3.8, 4) is 0 Å². The summed E-state index contributed by atoms with van der Waals surface area (Å²) in [5.74, 6) is -1.25. The molecule has 0 radical (unpaired) electrons. The molecule has 0 bridgehead atoms. The van der Waals surface area contributed by atoms with Crippen LogP contribution in [0.1, 0.15) is 16.5 Å². The summed E-state index contributed by atoms with van der Waals surface area (Å²) in [5, 5.41) is 4.17. The highest BCUT2D eigenvalue weighted by Crippen LogP contribution is 2.49. The minimum Gasteiger partial charge on any atom is -0.273 e. The summed E-state index contributed by atoms with van der Waals surface area (Å²) in [4.78, 5) is 35.0. The summed E-state index contributed by atoms with van der Waals surface area (Å²) in [6.45, 7) is 1.99. The van der Waals surface area contributed by atoms with Gasteiger partial charge in [-0.15, -0.1) is 11.3 Å². The van der Waals surface area contributed by atoms with Crippen LogP contribution in [0.2, 0.25) is 5.02 Å². The summed E-state index contributed by atoms with van der Waals surface area (Å²) >= 11 is 7.63. The number of nitrogens with zero attached hydrogens (tertiary/aromatic N) is 2. The molecule has 0 aliphatic carbocycles. The zero-order chi connectivity index (χ0) is 20.1. The average molecular weight is 425 g/mol. The number of rotatable bonds is 3. The molecular formula is C22H17ClN2O3S. The van der Waals surface area contributed by atoms with Crippen LogP contribution in [0, 0.1) is 12.8 Å². The smallest absolute Gasteiger partial charge is 0.266 e. The maximum Gasteiger partial charge on any atom is 0.266 e. The molecule has 2 saturated heterocycles. The van der Waals surface area contributed by atoms with Crippen molar-refractivity contribution in [3.05, 3.63) is 81.5 Å². The molecule has 2 aliphatic heterocycles. The van der Waals surface area contributed by atoms with Gasteiger partial charge in [0, 0.05) is 9.90 Å². The Morgan fingerprint density at radius 3 is 2.55 bits per heavy atom. The number of aryl methyl sites for hydroxylation is 1. The van der Waals surface area contributed by atoms with Gasteiger partial charge in [0.1, 0.15) is 12.0 Å². The van der Waals surface area contributed by atoms with Crippen molar-refractivity contribution >= 4 is 46.1 Å². The Morgan fingerprint density at radius 1 is 1.00 bits per heavy atom. The van der Waals surface area contributed by atoms with Crippen LogP contribution in [0.5, 0.6) is 0 Å². The molecular weight excluding hydrogens is 408 g/mol. The number of hydrogen-bond acceptors (Lipinski definition) is 5. The first-order chi connectivity index (χ1) is 14.1. The van der Waals surface area contributed by atoms with E-state index >= 15 is 0 Å². The first-order valence-corrected chi connectivity index (χ1v) is 10.5. The molecule has 29 heavy (non-hydrogen) atoms. The number of fused-ring (bicyclic) bond motifs is 1. The van der Waals surface area contributed by atoms with E-state index in [1.54, 1.807) is 40.7 Å². The number of carbonyl (C=O) groups excluding carboxylic acids is 2. The summed E-state index contributed by atoms with van der Waals surface area (Å²) in [7, 11) is 0. The van der Waals surface area contributed by atoms with Crippen LogP contribution < -0.4 is 9.96 Å². The van der Waals surface area contributed by atoms with Gasteiger partial charge in [0.2, 0.25) is 5.91 Å². The number of para-hydroxylation sites is 1. The van der Waals surface area contributed by atoms with Crippen LogP contribution >= 0.6 is 22.9 Å². The van der Waals surface area contributed by atoms with E-state index < -0.39 is 12.0 Å². The van der Waals surface area contributed by atoms with E-state index in [0.717, 1.165) is 16.1 Å². The Morgan fingerprint density at radius 2 is 1.83 bits per heavy atom. The van der Waals surface area contributed by atoms with Gasteiger partial charge in [-0.05, 0) is 48.2 Å². The van der Waals surface area contributed by atoms with Crippen molar-refractivity contribution in [3.63, 3.8) is 0 Å². The quantitative estimate of drug-likeness (QED) is 0.569. The van der Waals surface area contributed by atoms with Gasteiger partial charge in [0.25, 0.3) is 5.91 Å². The summed E-state index contributed by atoms with van der Waals surface area (Å²) in [5.41, 5.74) is 2.34. The SMILES string of the molecule is Cc1ccccc1N1O[C@H]2C(=O)N(c3cccc(Cl)c3)C(=O)[C@@H]2[C@H]1c1cccs1. The number of carbonyl (C=O) groups is 2. The van der Waals surface area contributed by atoms with Crippen molar-refractivity contribution in [1.29, 1.82) is 0 Å². The largest absolute Gasteiger partial charge is 0.273 e. The molecule has 5 nitrogen and oxygen atoms in total. The van der Waals surface area contributed by atoms with Gasteiger partial charge >= 0.3 is 0 Å². The van der Waals surface area contributed by atoms with E-state index in [1.165, 1.54) is 4.90 Å². The van der Waals surface area contributed by atoms with Gasteiger partial charge in [-0.25, -0.2) is 9.96 Å². The molecule has 1 aromatic heterocycles. The first kappa shape index (κ1) is 18.4. The van der Waals surface area contributed by atoms with Gasteiger partial charge in [-0.2, -0.15) is 0 Å². The lowest BCUT2D eigenvalue weighted by Gasteiger charge is -2.28. The average Bonchev–Trinajstić information content (AvgIpc) is 3.40. The van der Waals surface area contributed by atoms with Crippen molar-refractivity contribution in [2.45, 2.75) is 19.1 Å². The van der Waals surface area contributed by atoms with Crippen LogP contribution in [0.3, 0.4) is 0 Å². The molecule has 2 fully saturated rings. The number of thiophene rings is 1. The monoisotopic (exact) mass is 424 g/mol. The lowest BCUT2D eigenvalue weighted by atomic mass is 9.95. The maximum atomic E-state index is 13.4. The number of amides is 2. The Labute approximate surface area is 177 Å². The van der Waals surface area contributed by atoms with E-state index in [-0.39, 0.29) is 17.9 Å². The third kappa shape index (κ3) is 2.87. The molecule has 3 aromatic rings. The highest BCUT2D eigenvalue weighted by atomic mass is 35.5. The topological polar surface area (TPSA) is 49.9 Å². The molecule has 7 heteroatoms. The Hall–Kier alpha value is -2.67. The predicted octanol–water partition coefficient (Wildman–Crippen LogP) is 4.76. The number of benzene rings is 2. The van der Waals surface area contributed by atoms with Crippen LogP contribution in [0.25, 0.3) is 0 Å². The Balaban J connectivity index is 1.59. The molecule has 2 amide bonds. The van der Waals surface area contributed by atoms with Crippen LogP contribution in [-0.2, 0) is 14.4 Å². The minimum atomic E-state index is -0.867. The van der Waals surface area contributed by atoms with Crippen molar-refractivity contribution in [1.82, 2.24) is 0 Å². The second-order valence-electron chi connectivity index (χ2n) is 7.12.